The lowest BCUT2D eigenvalue weighted by atomic mass is 9.81. The summed E-state index contributed by atoms with van der Waals surface area (Å²) in [5.41, 5.74) is 18.1. The summed E-state index contributed by atoms with van der Waals surface area (Å²) in [6.07, 6.45) is -0.527. The maximum atomic E-state index is 14.9. The van der Waals surface area contributed by atoms with Crippen LogP contribution in [-0.4, -0.2) is 42.2 Å². The zero-order valence-electron chi connectivity index (χ0n) is 28.0. The Labute approximate surface area is 311 Å². The normalized spacial score (nSPS) is 16.5. The molecule has 0 unspecified atom stereocenters. The molecule has 5 aromatic carbocycles. The lowest BCUT2D eigenvalue weighted by Gasteiger charge is -2.32. The number of nitrogens with zero attached hydrogens (tertiary/aromatic N) is 4. The minimum atomic E-state index is -1.65. The van der Waals surface area contributed by atoms with Crippen molar-refractivity contribution in [3.63, 3.8) is 0 Å². The Morgan fingerprint density at radius 1 is 0.942 bits per heavy atom. The van der Waals surface area contributed by atoms with Gasteiger partial charge < -0.3 is 14.6 Å². The van der Waals surface area contributed by atoms with E-state index in [-0.39, 0.29) is 24.8 Å². The zero-order valence-corrected chi connectivity index (χ0v) is 29.5. The second kappa shape index (κ2) is 17.2. The van der Waals surface area contributed by atoms with Crippen molar-refractivity contribution in [3.8, 4) is 5.75 Å². The van der Waals surface area contributed by atoms with E-state index in [2.05, 4.69) is 45.1 Å². The van der Waals surface area contributed by atoms with Crippen molar-refractivity contribution >= 4 is 40.7 Å². The van der Waals surface area contributed by atoms with Crippen LogP contribution in [0.1, 0.15) is 46.3 Å². The summed E-state index contributed by atoms with van der Waals surface area (Å²) in [5.74, 6) is 0.248. The van der Waals surface area contributed by atoms with Crippen molar-refractivity contribution in [1.29, 1.82) is 0 Å². The molecule has 1 heterocycles. The number of nitrogens with one attached hydrogen (secondary N) is 2. The predicted octanol–water partition coefficient (Wildman–Crippen LogP) is 8.65. The van der Waals surface area contributed by atoms with E-state index in [0.717, 1.165) is 11.1 Å². The number of hydrogen-bond donors (Lipinski definition) is 3. The topological polar surface area (TPSA) is 141 Å². The van der Waals surface area contributed by atoms with Crippen molar-refractivity contribution in [2.75, 3.05) is 19.8 Å². The SMILES string of the molecule is [N-]=[N+]=Nc1ccccc1C[C@]1(C(=O)NNCC(c2ccccc2)c2ccccc2)N=C(c2ccc(OCCCO)cc2)O[C@H]1c1ccc(Cl)cc1Cl. The molecule has 0 saturated heterocycles. The monoisotopic (exact) mass is 734 g/mol. The number of azide groups is 1. The number of benzene rings is 5. The van der Waals surface area contributed by atoms with E-state index < -0.39 is 17.6 Å². The molecule has 10 nitrogen and oxygen atoms in total. The Morgan fingerprint density at radius 2 is 1.62 bits per heavy atom. The molecule has 1 amide bonds. The molecular weight excluding hydrogens is 699 g/mol. The molecule has 0 aromatic heterocycles. The third-order valence-corrected chi connectivity index (χ3v) is 9.35. The van der Waals surface area contributed by atoms with Gasteiger partial charge in [-0.15, -0.1) is 0 Å². The highest BCUT2D eigenvalue weighted by Gasteiger charge is 2.54. The molecular formula is C40H36Cl2N6O4. The molecule has 264 valence electrons. The summed E-state index contributed by atoms with van der Waals surface area (Å²) >= 11 is 13.1. The summed E-state index contributed by atoms with van der Waals surface area (Å²) in [6, 6.07) is 39.3. The van der Waals surface area contributed by atoms with Crippen LogP contribution in [0.2, 0.25) is 10.0 Å². The molecule has 0 radical (unpaired) electrons. The molecule has 0 spiro atoms. The Kier molecular flexibility index (Phi) is 12.1. The number of ether oxygens (including phenoxy) is 2. The van der Waals surface area contributed by atoms with Gasteiger partial charge in [-0.2, -0.15) is 0 Å². The van der Waals surface area contributed by atoms with Crippen LogP contribution in [0.25, 0.3) is 10.4 Å². The second-order valence-corrected chi connectivity index (χ2v) is 13.0. The van der Waals surface area contributed by atoms with Crippen molar-refractivity contribution in [1.82, 2.24) is 10.9 Å². The zero-order chi connectivity index (χ0) is 36.3. The highest BCUT2D eigenvalue weighted by atomic mass is 35.5. The van der Waals surface area contributed by atoms with E-state index in [1.54, 1.807) is 66.7 Å². The molecule has 0 bridgehead atoms. The van der Waals surface area contributed by atoms with Gasteiger partial charge in [0.25, 0.3) is 5.91 Å². The summed E-state index contributed by atoms with van der Waals surface area (Å²) in [5, 5.41) is 13.7. The Balaban J connectivity index is 1.41. The van der Waals surface area contributed by atoms with Gasteiger partial charge in [0.15, 0.2) is 11.6 Å². The van der Waals surface area contributed by atoms with Gasteiger partial charge in [-0.3, -0.25) is 10.2 Å². The molecule has 12 heteroatoms. The van der Waals surface area contributed by atoms with Gasteiger partial charge in [0.05, 0.1) is 6.61 Å². The van der Waals surface area contributed by atoms with Crippen LogP contribution in [0.15, 0.2) is 138 Å². The quantitative estimate of drug-likeness (QED) is 0.0325. The van der Waals surface area contributed by atoms with Crippen molar-refractivity contribution in [3.05, 3.63) is 176 Å². The maximum absolute atomic E-state index is 14.9. The van der Waals surface area contributed by atoms with Crippen LogP contribution in [-0.2, 0) is 16.0 Å². The predicted molar refractivity (Wildman–Crippen MR) is 203 cm³/mol. The minimum Gasteiger partial charge on any atom is -0.494 e. The van der Waals surface area contributed by atoms with E-state index >= 15 is 0 Å². The van der Waals surface area contributed by atoms with Gasteiger partial charge in [-0.05, 0) is 58.6 Å². The summed E-state index contributed by atoms with van der Waals surface area (Å²) < 4.78 is 12.3. The molecule has 1 aliphatic heterocycles. The van der Waals surface area contributed by atoms with Crippen molar-refractivity contribution in [2.24, 2.45) is 10.1 Å². The molecule has 3 N–H and O–H groups in total. The first-order chi connectivity index (χ1) is 25.4. The lowest BCUT2D eigenvalue weighted by molar-refractivity contribution is -0.130. The summed E-state index contributed by atoms with van der Waals surface area (Å²) in [6.45, 7) is 0.756. The minimum absolute atomic E-state index is 0.00795. The van der Waals surface area contributed by atoms with Crippen molar-refractivity contribution < 1.29 is 19.4 Å². The molecule has 0 fully saturated rings. The molecule has 1 aliphatic rings. The largest absolute Gasteiger partial charge is 0.494 e. The number of aliphatic hydroxyl groups excluding tert-OH is 1. The molecule has 0 aliphatic carbocycles. The number of aliphatic imine (C=N–C) groups is 1. The third kappa shape index (κ3) is 8.40. The van der Waals surface area contributed by atoms with Gasteiger partial charge in [-0.25, -0.2) is 10.4 Å². The standard InChI is InChI=1S/C40H36Cl2N6O4/c41-31-18-21-33(35(42)24-31)37-40(25-30-14-7-8-15-36(30)46-48-43,45-38(52-37)29-16-19-32(20-17-29)51-23-9-22-49)39(50)47-44-26-34(27-10-3-1-4-11-27)28-12-5-2-6-13-28/h1-8,10-21,24,34,37,44,49H,9,22-23,25-26H2,(H,47,50)/t37-,40-/m0/s1. The summed E-state index contributed by atoms with van der Waals surface area (Å²) in [4.78, 5) is 22.9. The number of rotatable bonds is 15. The fourth-order valence-electron chi connectivity index (χ4n) is 6.21. The summed E-state index contributed by atoms with van der Waals surface area (Å²) in [7, 11) is 0. The fraction of sp³-hybridized carbons (Fsp3) is 0.200. The number of aliphatic hydroxyl groups is 1. The first-order valence-electron chi connectivity index (χ1n) is 16.7. The number of hydrogen-bond acceptors (Lipinski definition) is 7. The van der Waals surface area contributed by atoms with E-state index in [1.807, 2.05) is 36.4 Å². The van der Waals surface area contributed by atoms with E-state index in [4.69, 9.17) is 42.8 Å². The van der Waals surface area contributed by atoms with Crippen LogP contribution < -0.4 is 15.6 Å². The molecule has 2 atom stereocenters. The molecule has 0 saturated carbocycles. The Morgan fingerprint density at radius 3 is 2.27 bits per heavy atom. The van der Waals surface area contributed by atoms with Crippen LogP contribution in [0.5, 0.6) is 5.75 Å². The second-order valence-electron chi connectivity index (χ2n) is 12.2. The highest BCUT2D eigenvalue weighted by Crippen LogP contribution is 2.46. The fourth-order valence-corrected chi connectivity index (χ4v) is 6.72. The Hall–Kier alpha value is -5.35. The number of hydrazine groups is 1. The van der Waals surface area contributed by atoms with Gasteiger partial charge >= 0.3 is 0 Å². The van der Waals surface area contributed by atoms with Crippen LogP contribution >= 0.6 is 23.2 Å². The van der Waals surface area contributed by atoms with Gasteiger partial charge in [0.1, 0.15) is 5.75 Å². The molecule has 5 aromatic rings. The number of halogens is 2. The number of carbonyl (C=O) groups is 1. The average Bonchev–Trinajstić information content (AvgIpc) is 3.55. The third-order valence-electron chi connectivity index (χ3n) is 8.79. The molecule has 6 rings (SSSR count). The first-order valence-corrected chi connectivity index (χ1v) is 17.5. The molecule has 52 heavy (non-hydrogen) atoms. The van der Waals surface area contributed by atoms with E-state index in [1.165, 1.54) is 0 Å². The smallest absolute Gasteiger partial charge is 0.266 e. The number of carbonyl (C=O) groups excluding carboxylic acids is 1. The maximum Gasteiger partial charge on any atom is 0.266 e. The van der Waals surface area contributed by atoms with Crippen LogP contribution in [0.4, 0.5) is 5.69 Å². The number of amides is 1. The Bertz CT molecular complexity index is 2020. The van der Waals surface area contributed by atoms with Gasteiger partial charge in [0.2, 0.25) is 5.90 Å². The van der Waals surface area contributed by atoms with Crippen LogP contribution in [0.3, 0.4) is 0 Å². The van der Waals surface area contributed by atoms with Gasteiger partial charge in [-0.1, -0.05) is 119 Å². The van der Waals surface area contributed by atoms with E-state index in [9.17, 15) is 10.3 Å². The van der Waals surface area contributed by atoms with Gasteiger partial charge in [0, 0.05) is 63.7 Å². The first kappa shape index (κ1) is 36.4. The lowest BCUT2D eigenvalue weighted by Crippen LogP contribution is -2.54. The van der Waals surface area contributed by atoms with Crippen LogP contribution in [0, 0.1) is 0 Å². The van der Waals surface area contributed by atoms with Crippen molar-refractivity contribution in [2.45, 2.75) is 30.4 Å². The van der Waals surface area contributed by atoms with E-state index in [0.29, 0.717) is 57.7 Å². The highest BCUT2D eigenvalue weighted by molar-refractivity contribution is 6.35. The average molecular weight is 736 g/mol.